The van der Waals surface area contributed by atoms with E-state index in [1.54, 1.807) is 16.9 Å². The number of rotatable bonds is 5. The fourth-order valence-corrected chi connectivity index (χ4v) is 3.59. The molecule has 3 aromatic rings. The molecule has 8 nitrogen and oxygen atoms in total. The highest BCUT2D eigenvalue weighted by atomic mass is 16.2. The van der Waals surface area contributed by atoms with Crippen LogP contribution in [0.3, 0.4) is 0 Å². The van der Waals surface area contributed by atoms with Crippen LogP contribution < -0.4 is 10.6 Å². The molecule has 2 N–H and O–H groups in total. The number of aromatic nitrogens is 5. The standard InChI is InChI=1S/C20H25N7O/c1-15(16-8-4-2-5-9-16)27-17(11-12-22-27)23-20(28)21-14-19-25-24-18-10-6-3-7-13-26(18)19/h2,4-5,8-9,11-12,15H,3,6-7,10,13-14H2,1H3,(H2,21,23,28)/t15-/m1/s1. The summed E-state index contributed by atoms with van der Waals surface area (Å²) in [6.45, 7) is 3.32. The van der Waals surface area contributed by atoms with Crippen LogP contribution in [0, 0.1) is 0 Å². The molecule has 4 rings (SSSR count). The van der Waals surface area contributed by atoms with E-state index < -0.39 is 0 Å². The third kappa shape index (κ3) is 3.90. The first-order chi connectivity index (χ1) is 13.7. The topological polar surface area (TPSA) is 89.7 Å². The Labute approximate surface area is 164 Å². The van der Waals surface area contributed by atoms with Gasteiger partial charge in [-0.2, -0.15) is 5.10 Å². The molecule has 0 bridgehead atoms. The Bertz CT molecular complexity index is 931. The summed E-state index contributed by atoms with van der Waals surface area (Å²) >= 11 is 0. The monoisotopic (exact) mass is 379 g/mol. The normalized spacial score (nSPS) is 14.8. The summed E-state index contributed by atoms with van der Waals surface area (Å²) in [6.07, 6.45) is 6.12. The van der Waals surface area contributed by atoms with Gasteiger partial charge in [-0.25, -0.2) is 9.48 Å². The van der Waals surface area contributed by atoms with Gasteiger partial charge in [0.05, 0.1) is 18.8 Å². The van der Waals surface area contributed by atoms with Gasteiger partial charge < -0.3 is 9.88 Å². The molecule has 8 heteroatoms. The summed E-state index contributed by atoms with van der Waals surface area (Å²) in [5.41, 5.74) is 1.13. The molecule has 28 heavy (non-hydrogen) atoms. The maximum absolute atomic E-state index is 12.4. The van der Waals surface area contributed by atoms with Gasteiger partial charge in [0.25, 0.3) is 0 Å². The smallest absolute Gasteiger partial charge is 0.320 e. The van der Waals surface area contributed by atoms with Crippen LogP contribution in [0.1, 0.15) is 49.4 Å². The van der Waals surface area contributed by atoms with Crippen LogP contribution in [0.4, 0.5) is 10.6 Å². The fourth-order valence-electron chi connectivity index (χ4n) is 3.59. The van der Waals surface area contributed by atoms with Gasteiger partial charge in [0, 0.05) is 19.0 Å². The summed E-state index contributed by atoms with van der Waals surface area (Å²) in [4.78, 5) is 12.4. The molecule has 0 spiro atoms. The molecule has 0 radical (unpaired) electrons. The Balaban J connectivity index is 1.39. The van der Waals surface area contributed by atoms with Gasteiger partial charge in [-0.1, -0.05) is 36.8 Å². The van der Waals surface area contributed by atoms with E-state index in [-0.39, 0.29) is 12.1 Å². The predicted octanol–water partition coefficient (Wildman–Crippen LogP) is 3.13. The van der Waals surface area contributed by atoms with Crippen molar-refractivity contribution in [3.05, 3.63) is 59.8 Å². The quantitative estimate of drug-likeness (QED) is 0.713. The Morgan fingerprint density at radius 2 is 2.00 bits per heavy atom. The van der Waals surface area contributed by atoms with Gasteiger partial charge >= 0.3 is 6.03 Å². The molecule has 1 atom stereocenters. The minimum atomic E-state index is -0.284. The molecular weight excluding hydrogens is 354 g/mol. The second kappa shape index (κ2) is 8.24. The van der Waals surface area contributed by atoms with E-state index in [1.165, 1.54) is 6.42 Å². The Kier molecular flexibility index (Phi) is 5.36. The number of nitrogens with one attached hydrogen (secondary N) is 2. The minimum absolute atomic E-state index is 0.0127. The number of nitrogens with zero attached hydrogens (tertiary/aromatic N) is 5. The zero-order valence-corrected chi connectivity index (χ0v) is 16.0. The van der Waals surface area contributed by atoms with Gasteiger partial charge in [0.2, 0.25) is 0 Å². The lowest BCUT2D eigenvalue weighted by molar-refractivity contribution is 0.251. The Morgan fingerprint density at radius 3 is 2.86 bits per heavy atom. The number of hydrogen-bond donors (Lipinski definition) is 2. The van der Waals surface area contributed by atoms with Crippen molar-refractivity contribution in [2.45, 2.75) is 51.7 Å². The van der Waals surface area contributed by atoms with Crippen molar-refractivity contribution in [2.24, 2.45) is 0 Å². The van der Waals surface area contributed by atoms with Crippen LogP contribution in [-0.4, -0.2) is 30.6 Å². The molecule has 1 aliphatic heterocycles. The molecule has 1 aliphatic rings. The molecule has 0 fully saturated rings. The van der Waals surface area contributed by atoms with E-state index in [1.807, 2.05) is 30.3 Å². The summed E-state index contributed by atoms with van der Waals surface area (Å²) in [5, 5.41) is 18.7. The lowest BCUT2D eigenvalue weighted by Gasteiger charge is -2.16. The zero-order chi connectivity index (χ0) is 19.3. The molecule has 0 unspecified atom stereocenters. The molecule has 1 aromatic carbocycles. The number of carbonyl (C=O) groups is 1. The molecular formula is C20H25N7O. The Morgan fingerprint density at radius 1 is 1.14 bits per heavy atom. The van der Waals surface area contributed by atoms with E-state index in [4.69, 9.17) is 0 Å². The summed E-state index contributed by atoms with van der Waals surface area (Å²) < 4.78 is 3.94. The first kappa shape index (κ1) is 18.2. The van der Waals surface area contributed by atoms with Crippen LogP contribution in [0.2, 0.25) is 0 Å². The molecule has 146 valence electrons. The number of aryl methyl sites for hydroxylation is 1. The van der Waals surface area contributed by atoms with E-state index in [0.29, 0.717) is 12.4 Å². The number of carbonyl (C=O) groups excluding carboxylic acids is 1. The highest BCUT2D eigenvalue weighted by molar-refractivity contribution is 5.88. The highest BCUT2D eigenvalue weighted by Gasteiger charge is 2.17. The fraction of sp³-hybridized carbons (Fsp3) is 0.400. The van der Waals surface area contributed by atoms with Gasteiger partial charge in [-0.3, -0.25) is 5.32 Å². The van der Waals surface area contributed by atoms with Crippen molar-refractivity contribution in [3.8, 4) is 0 Å². The molecule has 0 saturated heterocycles. The number of anilines is 1. The number of amides is 2. The number of fused-ring (bicyclic) bond motifs is 1. The SMILES string of the molecule is C[C@H](c1ccccc1)n1nccc1NC(=O)NCc1nnc2n1CCCCC2. The maximum Gasteiger partial charge on any atom is 0.320 e. The molecule has 3 heterocycles. The minimum Gasteiger partial charge on any atom is -0.331 e. The first-order valence-electron chi connectivity index (χ1n) is 9.76. The second-order valence-electron chi connectivity index (χ2n) is 7.05. The lowest BCUT2D eigenvalue weighted by Crippen LogP contribution is -2.30. The van der Waals surface area contributed by atoms with Gasteiger partial charge in [0.1, 0.15) is 11.6 Å². The molecule has 0 aliphatic carbocycles. The van der Waals surface area contributed by atoms with E-state index >= 15 is 0 Å². The maximum atomic E-state index is 12.4. The molecule has 2 amide bonds. The van der Waals surface area contributed by atoms with Crippen LogP contribution in [0.15, 0.2) is 42.6 Å². The summed E-state index contributed by atoms with van der Waals surface area (Å²) in [7, 11) is 0. The van der Waals surface area contributed by atoms with Crippen LogP contribution >= 0.6 is 0 Å². The van der Waals surface area contributed by atoms with Gasteiger partial charge in [-0.15, -0.1) is 10.2 Å². The van der Waals surface area contributed by atoms with Crippen molar-refractivity contribution < 1.29 is 4.79 Å². The first-order valence-corrected chi connectivity index (χ1v) is 9.76. The Hall–Kier alpha value is -3.16. The number of benzene rings is 1. The highest BCUT2D eigenvalue weighted by Crippen LogP contribution is 2.21. The van der Waals surface area contributed by atoms with Crippen molar-refractivity contribution in [2.75, 3.05) is 5.32 Å². The number of hydrogen-bond acceptors (Lipinski definition) is 4. The average molecular weight is 379 g/mol. The lowest BCUT2D eigenvalue weighted by atomic mass is 10.1. The third-order valence-electron chi connectivity index (χ3n) is 5.15. The largest absolute Gasteiger partial charge is 0.331 e. The summed E-state index contributed by atoms with van der Waals surface area (Å²) in [6, 6.07) is 11.6. The molecule has 2 aromatic heterocycles. The van der Waals surface area contributed by atoms with Crippen LogP contribution in [0.5, 0.6) is 0 Å². The van der Waals surface area contributed by atoms with E-state index in [0.717, 1.165) is 43.0 Å². The zero-order valence-electron chi connectivity index (χ0n) is 16.0. The summed E-state index contributed by atoms with van der Waals surface area (Å²) in [5.74, 6) is 2.47. The van der Waals surface area contributed by atoms with Crippen LogP contribution in [0.25, 0.3) is 0 Å². The average Bonchev–Trinajstić information content (AvgIpc) is 3.26. The van der Waals surface area contributed by atoms with E-state index in [2.05, 4.69) is 37.4 Å². The predicted molar refractivity (Wildman–Crippen MR) is 106 cm³/mol. The second-order valence-corrected chi connectivity index (χ2v) is 7.05. The van der Waals surface area contributed by atoms with Crippen molar-refractivity contribution >= 4 is 11.8 Å². The number of urea groups is 1. The van der Waals surface area contributed by atoms with Crippen molar-refractivity contribution in [1.29, 1.82) is 0 Å². The van der Waals surface area contributed by atoms with Gasteiger partial charge in [-0.05, 0) is 25.3 Å². The van der Waals surface area contributed by atoms with Crippen molar-refractivity contribution in [3.63, 3.8) is 0 Å². The van der Waals surface area contributed by atoms with Gasteiger partial charge in [0.15, 0.2) is 5.82 Å². The van der Waals surface area contributed by atoms with E-state index in [9.17, 15) is 4.79 Å². The van der Waals surface area contributed by atoms with Crippen LogP contribution in [-0.2, 0) is 19.5 Å². The molecule has 0 saturated carbocycles. The van der Waals surface area contributed by atoms with Crippen molar-refractivity contribution in [1.82, 2.24) is 29.9 Å². The third-order valence-corrected chi connectivity index (χ3v) is 5.15.